The van der Waals surface area contributed by atoms with Gasteiger partial charge in [0.1, 0.15) is 0 Å². The van der Waals surface area contributed by atoms with Gasteiger partial charge in [-0.15, -0.1) is 0 Å². The predicted molar refractivity (Wildman–Crippen MR) is 86.1 cm³/mol. The largest absolute Gasteiger partial charge is 0.504 e. The molecule has 0 radical (unpaired) electrons. The van der Waals surface area contributed by atoms with Crippen molar-refractivity contribution in [1.29, 1.82) is 0 Å². The van der Waals surface area contributed by atoms with E-state index in [2.05, 4.69) is 11.4 Å². The number of phenols is 1. The molecule has 0 saturated heterocycles. The van der Waals surface area contributed by atoms with Crippen molar-refractivity contribution in [2.24, 2.45) is 0 Å². The van der Waals surface area contributed by atoms with Crippen molar-refractivity contribution in [2.45, 2.75) is 31.7 Å². The maximum atomic E-state index is 9.71. The van der Waals surface area contributed by atoms with Gasteiger partial charge in [-0.05, 0) is 55.2 Å². The highest BCUT2D eigenvalue weighted by Gasteiger charge is 2.25. The van der Waals surface area contributed by atoms with Gasteiger partial charge in [-0.3, -0.25) is 0 Å². The van der Waals surface area contributed by atoms with Crippen LogP contribution in [0.2, 0.25) is 0 Å². The van der Waals surface area contributed by atoms with Crippen LogP contribution in [-0.4, -0.2) is 31.9 Å². The summed E-state index contributed by atoms with van der Waals surface area (Å²) in [5, 5.41) is 13.3. The summed E-state index contributed by atoms with van der Waals surface area (Å²) in [6.07, 6.45) is 6.11. The second kappa shape index (κ2) is 6.44. The van der Waals surface area contributed by atoms with E-state index in [1.54, 1.807) is 20.3 Å². The topological polar surface area (TPSA) is 50.7 Å². The van der Waals surface area contributed by atoms with Gasteiger partial charge in [0.05, 0.1) is 20.0 Å². The summed E-state index contributed by atoms with van der Waals surface area (Å²) >= 11 is 0. The van der Waals surface area contributed by atoms with Crippen molar-refractivity contribution in [3.05, 3.63) is 46.7 Å². The fraction of sp³-hybridized carbons (Fsp3) is 0.444. The molecule has 0 bridgehead atoms. The molecule has 0 unspecified atom stereocenters. The lowest BCUT2D eigenvalue weighted by Gasteiger charge is -2.32. The summed E-state index contributed by atoms with van der Waals surface area (Å²) < 4.78 is 10.6. The monoisotopic (exact) mass is 301 g/mol. The molecule has 1 heterocycles. The Labute approximate surface area is 131 Å². The Morgan fingerprint density at radius 2 is 2.14 bits per heavy atom. The first-order chi connectivity index (χ1) is 10.7. The summed E-state index contributed by atoms with van der Waals surface area (Å²) in [7, 11) is 3.33. The molecule has 22 heavy (non-hydrogen) atoms. The third kappa shape index (κ3) is 2.97. The Morgan fingerprint density at radius 1 is 1.27 bits per heavy atom. The van der Waals surface area contributed by atoms with Gasteiger partial charge in [-0.2, -0.15) is 0 Å². The molecule has 4 heteroatoms. The maximum Gasteiger partial charge on any atom is 0.160 e. The SMILES string of the molecule is COC1=CCC2=C(CCN[C@@H]2Cc2ccc(O)c(OC)c2)C1. The van der Waals surface area contributed by atoms with Crippen molar-refractivity contribution >= 4 is 0 Å². The molecule has 0 saturated carbocycles. The molecule has 1 aromatic rings. The molecule has 1 aromatic carbocycles. The summed E-state index contributed by atoms with van der Waals surface area (Å²) in [5.41, 5.74) is 4.19. The van der Waals surface area contributed by atoms with Crippen LogP contribution in [0.25, 0.3) is 0 Å². The zero-order valence-electron chi connectivity index (χ0n) is 13.2. The molecule has 2 aliphatic rings. The number of phenolic OH excluding ortho intramolecular Hbond substituents is 1. The van der Waals surface area contributed by atoms with Crippen LogP contribution >= 0.6 is 0 Å². The van der Waals surface area contributed by atoms with Crippen molar-refractivity contribution in [3.63, 3.8) is 0 Å². The standard InChI is InChI=1S/C18H23NO3/c1-21-14-4-5-15-13(11-14)7-8-19-16(15)9-12-3-6-17(20)18(10-12)22-2/h3-4,6,10,16,19-20H,5,7-9,11H2,1-2H3/t16-/m1/s1. The minimum Gasteiger partial charge on any atom is -0.504 e. The molecule has 2 N–H and O–H groups in total. The van der Waals surface area contributed by atoms with Gasteiger partial charge in [0.15, 0.2) is 11.5 Å². The number of hydrogen-bond donors (Lipinski definition) is 2. The third-order valence-electron chi connectivity index (χ3n) is 4.58. The predicted octanol–water partition coefficient (Wildman–Crippen LogP) is 2.93. The zero-order valence-corrected chi connectivity index (χ0v) is 13.2. The number of methoxy groups -OCH3 is 2. The first kappa shape index (κ1) is 15.0. The fourth-order valence-corrected chi connectivity index (χ4v) is 3.36. The molecular formula is C18H23NO3. The third-order valence-corrected chi connectivity index (χ3v) is 4.58. The van der Waals surface area contributed by atoms with Crippen LogP contribution in [0.4, 0.5) is 0 Å². The van der Waals surface area contributed by atoms with Gasteiger partial charge >= 0.3 is 0 Å². The van der Waals surface area contributed by atoms with Gasteiger partial charge in [0, 0.05) is 12.5 Å². The Bertz CT molecular complexity index is 619. The Morgan fingerprint density at radius 3 is 2.91 bits per heavy atom. The second-order valence-electron chi connectivity index (χ2n) is 5.85. The number of hydrogen-bond acceptors (Lipinski definition) is 4. The van der Waals surface area contributed by atoms with Gasteiger partial charge in [0.25, 0.3) is 0 Å². The Balaban J connectivity index is 1.78. The van der Waals surface area contributed by atoms with Crippen LogP contribution in [0.3, 0.4) is 0 Å². The Kier molecular flexibility index (Phi) is 4.39. The lowest BCUT2D eigenvalue weighted by molar-refractivity contribution is 0.276. The van der Waals surface area contributed by atoms with E-state index in [1.165, 1.54) is 16.7 Å². The zero-order chi connectivity index (χ0) is 15.5. The average molecular weight is 301 g/mol. The molecule has 3 rings (SSSR count). The first-order valence-electron chi connectivity index (χ1n) is 7.74. The minimum atomic E-state index is 0.188. The molecule has 1 aliphatic heterocycles. The quantitative estimate of drug-likeness (QED) is 0.840. The van der Waals surface area contributed by atoms with Crippen LogP contribution in [0.1, 0.15) is 24.8 Å². The van der Waals surface area contributed by atoms with Gasteiger partial charge < -0.3 is 19.9 Å². The highest BCUT2D eigenvalue weighted by molar-refractivity contribution is 5.43. The van der Waals surface area contributed by atoms with E-state index in [1.807, 2.05) is 12.1 Å². The van der Waals surface area contributed by atoms with E-state index in [0.29, 0.717) is 11.8 Å². The number of allylic oxidation sites excluding steroid dienone is 2. The number of nitrogens with one attached hydrogen (secondary N) is 1. The number of rotatable bonds is 4. The molecule has 1 atom stereocenters. The number of ether oxygens (including phenoxy) is 2. The summed E-state index contributed by atoms with van der Waals surface area (Å²) in [4.78, 5) is 0. The Hall–Kier alpha value is -1.94. The molecule has 0 spiro atoms. The first-order valence-corrected chi connectivity index (χ1v) is 7.74. The highest BCUT2D eigenvalue weighted by Crippen LogP contribution is 2.33. The minimum absolute atomic E-state index is 0.188. The highest BCUT2D eigenvalue weighted by atomic mass is 16.5. The summed E-state index contributed by atoms with van der Waals surface area (Å²) in [6.45, 7) is 1.01. The average Bonchev–Trinajstić information content (AvgIpc) is 2.56. The van der Waals surface area contributed by atoms with E-state index in [9.17, 15) is 5.11 Å². The van der Waals surface area contributed by atoms with E-state index in [0.717, 1.165) is 38.0 Å². The molecular weight excluding hydrogens is 278 g/mol. The van der Waals surface area contributed by atoms with Crippen LogP contribution in [0.15, 0.2) is 41.2 Å². The van der Waals surface area contributed by atoms with Crippen LogP contribution in [-0.2, 0) is 11.2 Å². The van der Waals surface area contributed by atoms with Crippen LogP contribution < -0.4 is 10.1 Å². The van der Waals surface area contributed by atoms with Crippen LogP contribution in [0.5, 0.6) is 11.5 Å². The number of benzene rings is 1. The fourth-order valence-electron chi connectivity index (χ4n) is 3.36. The number of aromatic hydroxyl groups is 1. The molecule has 0 amide bonds. The maximum absolute atomic E-state index is 9.71. The normalized spacial score (nSPS) is 21.2. The summed E-state index contributed by atoms with van der Waals surface area (Å²) in [6, 6.07) is 5.95. The van der Waals surface area contributed by atoms with Crippen molar-refractivity contribution < 1.29 is 14.6 Å². The molecule has 0 fully saturated rings. The van der Waals surface area contributed by atoms with Gasteiger partial charge in [-0.1, -0.05) is 11.6 Å². The van der Waals surface area contributed by atoms with Crippen molar-refractivity contribution in [2.75, 3.05) is 20.8 Å². The summed E-state index contributed by atoms with van der Waals surface area (Å²) in [5.74, 6) is 1.81. The van der Waals surface area contributed by atoms with Gasteiger partial charge in [0.2, 0.25) is 0 Å². The van der Waals surface area contributed by atoms with Gasteiger partial charge in [-0.25, -0.2) is 0 Å². The molecule has 0 aromatic heterocycles. The molecule has 4 nitrogen and oxygen atoms in total. The second-order valence-corrected chi connectivity index (χ2v) is 5.85. The van der Waals surface area contributed by atoms with E-state index < -0.39 is 0 Å². The van der Waals surface area contributed by atoms with Crippen molar-refractivity contribution in [1.82, 2.24) is 5.32 Å². The lowest BCUT2D eigenvalue weighted by Crippen LogP contribution is -2.39. The van der Waals surface area contributed by atoms with Crippen molar-refractivity contribution in [3.8, 4) is 11.5 Å². The van der Waals surface area contributed by atoms with E-state index >= 15 is 0 Å². The lowest BCUT2D eigenvalue weighted by atomic mass is 9.83. The molecule has 118 valence electrons. The molecule has 1 aliphatic carbocycles. The van der Waals surface area contributed by atoms with E-state index in [4.69, 9.17) is 9.47 Å². The van der Waals surface area contributed by atoms with Crippen LogP contribution in [0, 0.1) is 0 Å². The smallest absolute Gasteiger partial charge is 0.160 e. The van der Waals surface area contributed by atoms with E-state index in [-0.39, 0.29) is 5.75 Å².